The fourth-order valence-electron chi connectivity index (χ4n) is 3.30. The summed E-state index contributed by atoms with van der Waals surface area (Å²) in [6, 6.07) is 21.3. The third-order valence-electron chi connectivity index (χ3n) is 5.05. The third-order valence-corrected chi connectivity index (χ3v) is 6.93. The molecular formula is C25H22ClN3O4S. The molecule has 4 aromatic rings. The number of ether oxygens (including phenoxy) is 1. The van der Waals surface area contributed by atoms with Gasteiger partial charge in [0.15, 0.2) is 0 Å². The first-order chi connectivity index (χ1) is 16.4. The highest BCUT2D eigenvalue weighted by atomic mass is 35.5. The number of rotatable bonds is 9. The van der Waals surface area contributed by atoms with Crippen LogP contribution in [0.1, 0.15) is 15.9 Å². The minimum Gasteiger partial charge on any atom is -0.492 e. The van der Waals surface area contributed by atoms with E-state index in [1.54, 1.807) is 24.5 Å². The maximum atomic E-state index is 12.7. The summed E-state index contributed by atoms with van der Waals surface area (Å²) < 4.78 is 33.7. The van der Waals surface area contributed by atoms with Crippen molar-refractivity contribution in [3.8, 4) is 5.75 Å². The predicted molar refractivity (Wildman–Crippen MR) is 131 cm³/mol. The zero-order chi connectivity index (χ0) is 24.0. The largest absolute Gasteiger partial charge is 0.492 e. The summed E-state index contributed by atoms with van der Waals surface area (Å²) in [7, 11) is -3.94. The monoisotopic (exact) mass is 495 g/mol. The van der Waals surface area contributed by atoms with Gasteiger partial charge in [0.2, 0.25) is 10.0 Å². The van der Waals surface area contributed by atoms with Crippen LogP contribution in [-0.2, 0) is 16.6 Å². The number of aromatic nitrogens is 1. The standard InChI is InChI=1S/C25H22ClN3O4S/c26-23-10-8-21(15-24(23)34(31,32)29-17-18-4-3-11-27-16-18)25(30)28-12-13-33-22-9-7-19-5-1-2-6-20(19)14-22/h1-11,14-16,29H,12-13,17H2,(H,28,30). The highest BCUT2D eigenvalue weighted by Gasteiger charge is 2.20. The molecule has 1 heterocycles. The highest BCUT2D eigenvalue weighted by molar-refractivity contribution is 7.89. The molecule has 0 aliphatic heterocycles. The number of amides is 1. The molecule has 34 heavy (non-hydrogen) atoms. The fourth-order valence-corrected chi connectivity index (χ4v) is 4.84. The Morgan fingerprint density at radius 2 is 1.79 bits per heavy atom. The van der Waals surface area contributed by atoms with E-state index < -0.39 is 15.9 Å². The molecule has 1 aromatic heterocycles. The smallest absolute Gasteiger partial charge is 0.251 e. The van der Waals surface area contributed by atoms with Crippen molar-refractivity contribution in [1.29, 1.82) is 0 Å². The molecule has 0 spiro atoms. The van der Waals surface area contributed by atoms with Crippen LogP contribution in [0.15, 0.2) is 90.1 Å². The number of sulfonamides is 1. The maximum Gasteiger partial charge on any atom is 0.251 e. The topological polar surface area (TPSA) is 97.4 Å². The summed E-state index contributed by atoms with van der Waals surface area (Å²) in [5, 5.41) is 4.94. The van der Waals surface area contributed by atoms with Crippen LogP contribution in [0.4, 0.5) is 0 Å². The van der Waals surface area contributed by atoms with Gasteiger partial charge in [-0.15, -0.1) is 0 Å². The van der Waals surface area contributed by atoms with E-state index >= 15 is 0 Å². The van der Waals surface area contributed by atoms with Crippen LogP contribution in [-0.4, -0.2) is 32.5 Å². The molecular weight excluding hydrogens is 474 g/mol. The maximum absolute atomic E-state index is 12.7. The van der Waals surface area contributed by atoms with Crippen LogP contribution >= 0.6 is 11.6 Å². The lowest BCUT2D eigenvalue weighted by Gasteiger charge is -2.11. The molecule has 0 saturated carbocycles. The number of hydrogen-bond acceptors (Lipinski definition) is 5. The molecule has 0 radical (unpaired) electrons. The minimum atomic E-state index is -3.94. The summed E-state index contributed by atoms with van der Waals surface area (Å²) >= 11 is 6.12. The Bertz CT molecular complexity index is 1410. The number of hydrogen-bond donors (Lipinski definition) is 2. The van der Waals surface area contributed by atoms with Gasteiger partial charge in [0.25, 0.3) is 5.91 Å². The predicted octanol–water partition coefficient (Wildman–Crippen LogP) is 4.18. The summed E-state index contributed by atoms with van der Waals surface area (Å²) in [5.41, 5.74) is 0.874. The van der Waals surface area contributed by atoms with Gasteiger partial charge in [-0.25, -0.2) is 13.1 Å². The highest BCUT2D eigenvalue weighted by Crippen LogP contribution is 2.23. The third kappa shape index (κ3) is 5.91. The number of fused-ring (bicyclic) bond motifs is 1. The van der Waals surface area contributed by atoms with Crippen molar-refractivity contribution in [2.24, 2.45) is 0 Å². The van der Waals surface area contributed by atoms with Crippen LogP contribution in [0.5, 0.6) is 5.75 Å². The number of benzene rings is 3. The number of halogens is 1. The van der Waals surface area contributed by atoms with Crippen LogP contribution in [0.3, 0.4) is 0 Å². The van der Waals surface area contributed by atoms with Gasteiger partial charge in [-0.05, 0) is 52.7 Å². The van der Waals surface area contributed by atoms with Crippen molar-refractivity contribution in [2.75, 3.05) is 13.2 Å². The number of pyridine rings is 1. The molecule has 0 aliphatic rings. The molecule has 3 aromatic carbocycles. The number of carbonyl (C=O) groups is 1. The molecule has 0 bridgehead atoms. The Morgan fingerprint density at radius 3 is 2.59 bits per heavy atom. The SMILES string of the molecule is O=C(NCCOc1ccc2ccccc2c1)c1ccc(Cl)c(S(=O)(=O)NCc2cccnc2)c1. The van der Waals surface area contributed by atoms with Crippen LogP contribution in [0.25, 0.3) is 10.8 Å². The van der Waals surface area contributed by atoms with Gasteiger partial charge in [0.05, 0.1) is 11.6 Å². The van der Waals surface area contributed by atoms with Crippen molar-refractivity contribution < 1.29 is 17.9 Å². The van der Waals surface area contributed by atoms with E-state index in [-0.39, 0.29) is 35.2 Å². The van der Waals surface area contributed by atoms with E-state index in [9.17, 15) is 13.2 Å². The molecule has 7 nitrogen and oxygen atoms in total. The second kappa shape index (κ2) is 10.6. The Labute approximate surface area is 202 Å². The molecule has 0 unspecified atom stereocenters. The Hall–Kier alpha value is -3.46. The summed E-state index contributed by atoms with van der Waals surface area (Å²) in [4.78, 5) is 16.4. The lowest BCUT2D eigenvalue weighted by atomic mass is 10.1. The van der Waals surface area contributed by atoms with Gasteiger partial charge in [-0.1, -0.05) is 48.0 Å². The van der Waals surface area contributed by atoms with Gasteiger partial charge in [0.1, 0.15) is 17.3 Å². The second-order valence-corrected chi connectivity index (χ2v) is 9.59. The molecule has 4 rings (SSSR count). The number of carbonyl (C=O) groups excluding carboxylic acids is 1. The van der Waals surface area contributed by atoms with Crippen molar-refractivity contribution in [3.05, 3.63) is 101 Å². The van der Waals surface area contributed by atoms with Crippen molar-refractivity contribution in [3.63, 3.8) is 0 Å². The number of nitrogens with one attached hydrogen (secondary N) is 2. The van der Waals surface area contributed by atoms with Crippen LogP contribution in [0.2, 0.25) is 5.02 Å². The van der Waals surface area contributed by atoms with Gasteiger partial charge in [0, 0.05) is 24.5 Å². The Morgan fingerprint density at radius 1 is 0.971 bits per heavy atom. The normalized spacial score (nSPS) is 11.3. The molecule has 174 valence electrons. The molecule has 1 amide bonds. The van der Waals surface area contributed by atoms with E-state index in [0.717, 1.165) is 10.8 Å². The van der Waals surface area contributed by atoms with Gasteiger partial charge in [-0.2, -0.15) is 0 Å². The van der Waals surface area contributed by atoms with Gasteiger partial charge >= 0.3 is 0 Å². The summed E-state index contributed by atoms with van der Waals surface area (Å²) in [5.74, 6) is 0.273. The number of nitrogens with zero attached hydrogens (tertiary/aromatic N) is 1. The Balaban J connectivity index is 1.35. The fraction of sp³-hybridized carbons (Fsp3) is 0.120. The van der Waals surface area contributed by atoms with E-state index in [2.05, 4.69) is 15.0 Å². The molecule has 0 atom stereocenters. The summed E-state index contributed by atoms with van der Waals surface area (Å²) in [6.07, 6.45) is 3.16. The molecule has 0 saturated heterocycles. The minimum absolute atomic E-state index is 0.0230. The average Bonchev–Trinajstić information content (AvgIpc) is 2.86. The zero-order valence-electron chi connectivity index (χ0n) is 18.1. The molecule has 9 heteroatoms. The van der Waals surface area contributed by atoms with Crippen molar-refractivity contribution >= 4 is 38.3 Å². The lowest BCUT2D eigenvalue weighted by Crippen LogP contribution is -2.29. The van der Waals surface area contributed by atoms with E-state index in [4.69, 9.17) is 16.3 Å². The van der Waals surface area contributed by atoms with E-state index in [1.807, 2.05) is 42.5 Å². The van der Waals surface area contributed by atoms with Crippen molar-refractivity contribution in [1.82, 2.24) is 15.0 Å². The summed E-state index contributed by atoms with van der Waals surface area (Å²) in [6.45, 7) is 0.556. The van der Waals surface area contributed by atoms with E-state index in [0.29, 0.717) is 11.3 Å². The van der Waals surface area contributed by atoms with Crippen LogP contribution < -0.4 is 14.8 Å². The molecule has 0 aliphatic carbocycles. The van der Waals surface area contributed by atoms with E-state index in [1.165, 1.54) is 18.2 Å². The van der Waals surface area contributed by atoms with Gasteiger partial charge in [-0.3, -0.25) is 9.78 Å². The van der Waals surface area contributed by atoms with Gasteiger partial charge < -0.3 is 10.1 Å². The lowest BCUT2D eigenvalue weighted by molar-refractivity contribution is 0.0947. The quantitative estimate of drug-likeness (QED) is 0.339. The zero-order valence-corrected chi connectivity index (χ0v) is 19.6. The molecule has 2 N–H and O–H groups in total. The van der Waals surface area contributed by atoms with Crippen LogP contribution in [0, 0.1) is 0 Å². The van der Waals surface area contributed by atoms with Crippen molar-refractivity contribution in [2.45, 2.75) is 11.4 Å². The average molecular weight is 496 g/mol. The first-order valence-electron chi connectivity index (χ1n) is 10.5. The Kier molecular flexibility index (Phi) is 7.42. The first kappa shape index (κ1) is 23.7. The second-order valence-electron chi connectivity index (χ2n) is 7.44. The first-order valence-corrected chi connectivity index (χ1v) is 12.4. The molecule has 0 fully saturated rings.